The first-order valence-corrected chi connectivity index (χ1v) is 7.03. The minimum atomic E-state index is 0.605. The Morgan fingerprint density at radius 1 is 1.15 bits per heavy atom. The molecule has 0 bridgehead atoms. The number of aromatic nitrogens is 1. The van der Waals surface area contributed by atoms with E-state index in [2.05, 4.69) is 30.1 Å². The normalized spacial score (nSPS) is 10.3. The van der Waals surface area contributed by atoms with Crippen molar-refractivity contribution in [3.63, 3.8) is 0 Å². The average molecular weight is 270 g/mol. The summed E-state index contributed by atoms with van der Waals surface area (Å²) in [6.45, 7) is 5.32. The molecule has 0 spiro atoms. The summed E-state index contributed by atoms with van der Waals surface area (Å²) in [5.74, 6) is 1.52. The van der Waals surface area contributed by atoms with Gasteiger partial charge < -0.3 is 9.47 Å². The first-order chi connectivity index (χ1) is 9.81. The van der Waals surface area contributed by atoms with Crippen molar-refractivity contribution in [1.82, 2.24) is 4.98 Å². The van der Waals surface area contributed by atoms with E-state index in [9.17, 15) is 0 Å². The molecule has 0 amide bonds. The summed E-state index contributed by atoms with van der Waals surface area (Å²) in [5, 5.41) is 0. The molecule has 0 fully saturated rings. The monoisotopic (exact) mass is 270 g/mol. The molecule has 2 aromatic rings. The van der Waals surface area contributed by atoms with Gasteiger partial charge in [-0.1, -0.05) is 13.0 Å². The second kappa shape index (κ2) is 7.53. The van der Waals surface area contributed by atoms with E-state index < -0.39 is 0 Å². The smallest absolute Gasteiger partial charge is 0.130 e. The van der Waals surface area contributed by atoms with Crippen LogP contribution in [0.25, 0.3) is 0 Å². The minimum absolute atomic E-state index is 0.605. The predicted octanol–water partition coefficient (Wildman–Crippen LogP) is 3.46. The largest absolute Gasteiger partial charge is 0.493 e. The van der Waals surface area contributed by atoms with Crippen molar-refractivity contribution >= 4 is 0 Å². The van der Waals surface area contributed by atoms with Crippen LogP contribution in [0.4, 0.5) is 0 Å². The van der Waals surface area contributed by atoms with Crippen LogP contribution in [0.15, 0.2) is 36.5 Å². The van der Waals surface area contributed by atoms with Crippen LogP contribution >= 0.6 is 0 Å². The Kier molecular flexibility index (Phi) is 5.42. The summed E-state index contributed by atoms with van der Waals surface area (Å²) in [6.07, 6.45) is 3.75. The van der Waals surface area contributed by atoms with E-state index in [0.29, 0.717) is 13.2 Å². The third-order valence-electron chi connectivity index (χ3n) is 2.97. The second-order valence-electron chi connectivity index (χ2n) is 4.43. The Labute approximate surface area is 120 Å². The van der Waals surface area contributed by atoms with Crippen molar-refractivity contribution in [1.29, 1.82) is 0 Å². The maximum absolute atomic E-state index is 5.71. The highest BCUT2D eigenvalue weighted by atomic mass is 16.5. The third-order valence-corrected chi connectivity index (χ3v) is 2.97. The number of aryl methyl sites for hydroxylation is 1. The van der Waals surface area contributed by atoms with Gasteiger partial charge in [-0.15, -0.1) is 0 Å². The van der Waals surface area contributed by atoms with Crippen molar-refractivity contribution in [3.05, 3.63) is 53.9 Å². The lowest BCUT2D eigenvalue weighted by molar-refractivity contribution is 0.311. The molecule has 3 nitrogen and oxygen atoms in total. The van der Waals surface area contributed by atoms with Gasteiger partial charge in [0.15, 0.2) is 0 Å². The van der Waals surface area contributed by atoms with Crippen LogP contribution in [0.5, 0.6) is 11.5 Å². The van der Waals surface area contributed by atoms with Crippen molar-refractivity contribution in [2.75, 3.05) is 13.2 Å². The third kappa shape index (κ3) is 4.26. The molecule has 0 saturated carbocycles. The molecule has 0 aliphatic rings. The number of hydrogen-bond acceptors (Lipinski definition) is 3. The van der Waals surface area contributed by atoms with Gasteiger partial charge >= 0.3 is 0 Å². The number of ether oxygens (including phenoxy) is 2. The highest BCUT2D eigenvalue weighted by Gasteiger charge is 2.00. The summed E-state index contributed by atoms with van der Waals surface area (Å²) in [6, 6.07) is 12.8. The van der Waals surface area contributed by atoms with Gasteiger partial charge in [0.2, 0.25) is 0 Å². The van der Waals surface area contributed by atoms with Crippen LogP contribution in [0.2, 0.25) is 0 Å². The first-order valence-electron chi connectivity index (χ1n) is 7.03. The van der Waals surface area contributed by atoms with E-state index in [1.807, 2.05) is 31.3 Å². The second-order valence-corrected chi connectivity index (χ2v) is 4.43. The van der Waals surface area contributed by atoms with Crippen molar-refractivity contribution < 1.29 is 9.47 Å². The highest BCUT2D eigenvalue weighted by molar-refractivity contribution is 5.31. The fraction of sp³-hybridized carbons (Fsp3) is 0.353. The summed E-state index contributed by atoms with van der Waals surface area (Å²) >= 11 is 0. The zero-order chi connectivity index (χ0) is 14.2. The Balaban J connectivity index is 1.84. The van der Waals surface area contributed by atoms with Gasteiger partial charge in [-0.05, 0) is 37.1 Å². The van der Waals surface area contributed by atoms with E-state index in [-0.39, 0.29) is 0 Å². The number of nitrogens with zero attached hydrogens (tertiary/aromatic N) is 1. The number of hydrogen-bond donors (Lipinski definition) is 0. The molecular weight excluding hydrogens is 250 g/mol. The van der Waals surface area contributed by atoms with Crippen molar-refractivity contribution in [2.45, 2.75) is 26.7 Å². The minimum Gasteiger partial charge on any atom is -0.493 e. The van der Waals surface area contributed by atoms with E-state index in [1.54, 1.807) is 0 Å². The Morgan fingerprint density at radius 3 is 2.75 bits per heavy atom. The van der Waals surface area contributed by atoms with E-state index >= 15 is 0 Å². The quantitative estimate of drug-likeness (QED) is 0.772. The summed E-state index contributed by atoms with van der Waals surface area (Å²) in [4.78, 5) is 4.42. The van der Waals surface area contributed by atoms with Crippen molar-refractivity contribution in [2.24, 2.45) is 0 Å². The number of rotatable bonds is 7. The molecule has 1 aromatic carbocycles. The van der Waals surface area contributed by atoms with Crippen LogP contribution in [-0.2, 0) is 12.8 Å². The van der Waals surface area contributed by atoms with E-state index in [4.69, 9.17) is 9.47 Å². The average Bonchev–Trinajstić information content (AvgIpc) is 2.49. The molecule has 1 aromatic heterocycles. The van der Waals surface area contributed by atoms with Crippen LogP contribution in [0, 0.1) is 6.07 Å². The van der Waals surface area contributed by atoms with Gasteiger partial charge in [-0.2, -0.15) is 0 Å². The molecule has 0 unspecified atom stereocenters. The Bertz CT molecular complexity index is 523. The lowest BCUT2D eigenvalue weighted by Crippen LogP contribution is -2.03. The lowest BCUT2D eigenvalue weighted by atomic mass is 10.2. The van der Waals surface area contributed by atoms with Crippen LogP contribution in [-0.4, -0.2) is 18.2 Å². The first kappa shape index (κ1) is 14.4. The maximum Gasteiger partial charge on any atom is 0.130 e. The molecule has 0 atom stereocenters. The molecule has 20 heavy (non-hydrogen) atoms. The predicted molar refractivity (Wildman–Crippen MR) is 79.3 cm³/mol. The van der Waals surface area contributed by atoms with Gasteiger partial charge in [-0.3, -0.25) is 4.98 Å². The van der Waals surface area contributed by atoms with E-state index in [0.717, 1.165) is 30.0 Å². The maximum atomic E-state index is 5.71. The van der Waals surface area contributed by atoms with Gasteiger partial charge in [0.1, 0.15) is 11.5 Å². The fourth-order valence-corrected chi connectivity index (χ4v) is 1.84. The molecule has 0 aliphatic heterocycles. The Hall–Kier alpha value is -2.03. The SMILES string of the molecule is CCOc1[c]ccc(OCCc2ccc(CC)cn2)c1. The topological polar surface area (TPSA) is 31.4 Å². The van der Waals surface area contributed by atoms with Gasteiger partial charge in [0, 0.05) is 30.4 Å². The highest BCUT2D eigenvalue weighted by Crippen LogP contribution is 2.18. The van der Waals surface area contributed by atoms with Crippen molar-refractivity contribution in [3.8, 4) is 11.5 Å². The van der Waals surface area contributed by atoms with E-state index in [1.165, 1.54) is 5.56 Å². The lowest BCUT2D eigenvalue weighted by Gasteiger charge is -2.08. The Morgan fingerprint density at radius 2 is 2.05 bits per heavy atom. The molecule has 0 N–H and O–H groups in total. The zero-order valence-electron chi connectivity index (χ0n) is 12.1. The number of pyridine rings is 1. The summed E-state index contributed by atoms with van der Waals surface area (Å²) in [7, 11) is 0. The van der Waals surface area contributed by atoms with Crippen LogP contribution in [0.3, 0.4) is 0 Å². The summed E-state index contributed by atoms with van der Waals surface area (Å²) in [5.41, 5.74) is 2.31. The fourth-order valence-electron chi connectivity index (χ4n) is 1.84. The molecule has 2 rings (SSSR count). The standard InChI is InChI=1S/C17H20NO2/c1-3-14-8-9-15(18-13-14)10-11-20-17-7-5-6-16(12-17)19-4-2/h5,7-9,12-13H,3-4,10-11H2,1-2H3. The number of benzene rings is 1. The molecule has 0 saturated heterocycles. The molecule has 1 radical (unpaired) electrons. The molecule has 3 heteroatoms. The molecule has 105 valence electrons. The zero-order valence-corrected chi connectivity index (χ0v) is 12.1. The molecule has 1 heterocycles. The summed E-state index contributed by atoms with van der Waals surface area (Å²) < 4.78 is 11.1. The molecular formula is C17H20NO2. The molecule has 0 aliphatic carbocycles. The van der Waals surface area contributed by atoms with Gasteiger partial charge in [-0.25, -0.2) is 0 Å². The van der Waals surface area contributed by atoms with Gasteiger partial charge in [0.05, 0.1) is 13.2 Å². The van der Waals surface area contributed by atoms with Crippen LogP contribution in [0.1, 0.15) is 25.1 Å². The van der Waals surface area contributed by atoms with Crippen LogP contribution < -0.4 is 9.47 Å². The van der Waals surface area contributed by atoms with Gasteiger partial charge in [0.25, 0.3) is 0 Å².